The van der Waals surface area contributed by atoms with E-state index >= 15 is 0 Å². The number of benzene rings is 1. The van der Waals surface area contributed by atoms with Gasteiger partial charge in [-0.15, -0.1) is 0 Å². The van der Waals surface area contributed by atoms with Gasteiger partial charge in [0.2, 0.25) is 0 Å². The van der Waals surface area contributed by atoms with Crippen LogP contribution in [-0.4, -0.2) is 14.6 Å². The van der Waals surface area contributed by atoms with Crippen LogP contribution in [0.5, 0.6) is 0 Å². The van der Waals surface area contributed by atoms with Crippen LogP contribution in [0.2, 0.25) is 5.15 Å². The van der Waals surface area contributed by atoms with Crippen LogP contribution in [-0.2, 0) is 0 Å². The highest BCUT2D eigenvalue weighted by Crippen LogP contribution is 2.36. The van der Waals surface area contributed by atoms with Crippen molar-refractivity contribution in [3.05, 3.63) is 53.3 Å². The summed E-state index contributed by atoms with van der Waals surface area (Å²) < 4.78 is 1.74. The van der Waals surface area contributed by atoms with Gasteiger partial charge in [0.1, 0.15) is 5.15 Å². The van der Waals surface area contributed by atoms with Crippen molar-refractivity contribution in [1.82, 2.24) is 14.6 Å². The van der Waals surface area contributed by atoms with Crippen LogP contribution in [0.15, 0.2) is 42.5 Å². The summed E-state index contributed by atoms with van der Waals surface area (Å²) >= 11 is 6.35. The Kier molecular flexibility index (Phi) is 2.74. The SMILES string of the molecule is Clc1cc(-c2ccccc2)nc2cc(C3CCC3)nn12. The van der Waals surface area contributed by atoms with E-state index in [0.717, 1.165) is 22.6 Å². The average molecular weight is 284 g/mol. The van der Waals surface area contributed by atoms with Gasteiger partial charge in [0.25, 0.3) is 0 Å². The summed E-state index contributed by atoms with van der Waals surface area (Å²) in [6, 6.07) is 14.0. The maximum Gasteiger partial charge on any atom is 0.157 e. The Labute approximate surface area is 122 Å². The summed E-state index contributed by atoms with van der Waals surface area (Å²) in [6.45, 7) is 0. The second kappa shape index (κ2) is 4.60. The van der Waals surface area contributed by atoms with Gasteiger partial charge in [0.05, 0.1) is 11.4 Å². The van der Waals surface area contributed by atoms with E-state index < -0.39 is 0 Å². The van der Waals surface area contributed by atoms with Crippen molar-refractivity contribution in [1.29, 1.82) is 0 Å². The number of fused-ring (bicyclic) bond motifs is 1. The smallest absolute Gasteiger partial charge is 0.157 e. The van der Waals surface area contributed by atoms with Gasteiger partial charge in [-0.05, 0) is 12.8 Å². The summed E-state index contributed by atoms with van der Waals surface area (Å²) in [5.74, 6) is 0.591. The highest BCUT2D eigenvalue weighted by Gasteiger charge is 2.23. The molecule has 0 amide bonds. The molecule has 4 heteroatoms. The molecular weight excluding hydrogens is 270 g/mol. The Bertz CT molecular complexity index is 760. The molecule has 0 aliphatic heterocycles. The van der Waals surface area contributed by atoms with Crippen molar-refractivity contribution in [2.24, 2.45) is 0 Å². The Morgan fingerprint density at radius 2 is 1.90 bits per heavy atom. The van der Waals surface area contributed by atoms with Crippen molar-refractivity contribution in [2.45, 2.75) is 25.2 Å². The minimum atomic E-state index is 0.591. The van der Waals surface area contributed by atoms with Crippen LogP contribution in [0.1, 0.15) is 30.9 Å². The quantitative estimate of drug-likeness (QED) is 0.656. The fraction of sp³-hybridized carbons (Fsp3) is 0.250. The van der Waals surface area contributed by atoms with Crippen molar-refractivity contribution in [3.63, 3.8) is 0 Å². The van der Waals surface area contributed by atoms with Crippen LogP contribution >= 0.6 is 11.6 Å². The average Bonchev–Trinajstić information content (AvgIpc) is 2.81. The van der Waals surface area contributed by atoms with Crippen LogP contribution in [0, 0.1) is 0 Å². The van der Waals surface area contributed by atoms with Crippen molar-refractivity contribution < 1.29 is 0 Å². The highest BCUT2D eigenvalue weighted by molar-refractivity contribution is 6.30. The van der Waals surface area contributed by atoms with Gasteiger partial charge in [-0.1, -0.05) is 48.4 Å². The first-order chi connectivity index (χ1) is 9.81. The number of rotatable bonds is 2. The van der Waals surface area contributed by atoms with E-state index in [1.54, 1.807) is 4.52 Å². The third kappa shape index (κ3) is 1.90. The van der Waals surface area contributed by atoms with Gasteiger partial charge in [-0.25, -0.2) is 9.50 Å². The Balaban J connectivity index is 1.84. The van der Waals surface area contributed by atoms with Gasteiger partial charge in [0, 0.05) is 23.6 Å². The standard InChI is InChI=1S/C16H14ClN3/c17-15-9-13(11-5-2-1-3-6-11)18-16-10-14(19-20(15)16)12-7-4-8-12/h1-3,5-6,9-10,12H,4,7-8H2. The molecule has 3 aromatic rings. The Hall–Kier alpha value is -1.87. The highest BCUT2D eigenvalue weighted by atomic mass is 35.5. The largest absolute Gasteiger partial charge is 0.228 e. The van der Waals surface area contributed by atoms with E-state index in [0.29, 0.717) is 11.1 Å². The minimum absolute atomic E-state index is 0.591. The lowest BCUT2D eigenvalue weighted by Crippen LogP contribution is -2.09. The zero-order valence-corrected chi connectivity index (χ0v) is 11.7. The maximum absolute atomic E-state index is 6.35. The van der Waals surface area contributed by atoms with Crippen molar-refractivity contribution in [3.8, 4) is 11.3 Å². The van der Waals surface area contributed by atoms with E-state index in [1.807, 2.05) is 36.4 Å². The molecule has 0 saturated heterocycles. The number of halogens is 1. The lowest BCUT2D eigenvalue weighted by atomic mass is 9.83. The summed E-state index contributed by atoms with van der Waals surface area (Å²) in [5, 5.41) is 5.20. The lowest BCUT2D eigenvalue weighted by Gasteiger charge is -2.22. The molecule has 0 spiro atoms. The topological polar surface area (TPSA) is 30.2 Å². The van der Waals surface area contributed by atoms with Crippen LogP contribution in [0.3, 0.4) is 0 Å². The molecule has 100 valence electrons. The predicted octanol–water partition coefficient (Wildman–Crippen LogP) is 4.32. The molecule has 0 radical (unpaired) electrons. The van der Waals surface area contributed by atoms with E-state index in [-0.39, 0.29) is 0 Å². The van der Waals surface area contributed by atoms with Crippen LogP contribution in [0.4, 0.5) is 0 Å². The second-order valence-electron chi connectivity index (χ2n) is 5.30. The molecular formula is C16H14ClN3. The first kappa shape index (κ1) is 11.9. The van der Waals surface area contributed by atoms with E-state index in [9.17, 15) is 0 Å². The van der Waals surface area contributed by atoms with Crippen molar-refractivity contribution in [2.75, 3.05) is 0 Å². The molecule has 0 atom stereocenters. The minimum Gasteiger partial charge on any atom is -0.228 e. The molecule has 20 heavy (non-hydrogen) atoms. The van der Waals surface area contributed by atoms with Gasteiger partial charge in [-0.2, -0.15) is 5.10 Å². The number of hydrogen-bond donors (Lipinski definition) is 0. The second-order valence-corrected chi connectivity index (χ2v) is 5.68. The molecule has 2 heterocycles. The normalized spacial score (nSPS) is 15.4. The Morgan fingerprint density at radius 3 is 2.60 bits per heavy atom. The molecule has 4 rings (SSSR count). The van der Waals surface area contributed by atoms with Gasteiger partial charge in [-0.3, -0.25) is 0 Å². The molecule has 1 aromatic carbocycles. The monoisotopic (exact) mass is 283 g/mol. The molecule has 1 aliphatic carbocycles. The third-order valence-corrected chi connectivity index (χ3v) is 4.26. The molecule has 0 N–H and O–H groups in total. The lowest BCUT2D eigenvalue weighted by molar-refractivity contribution is 0.409. The molecule has 1 saturated carbocycles. The number of hydrogen-bond acceptors (Lipinski definition) is 2. The summed E-state index contributed by atoms with van der Waals surface area (Å²) in [5.41, 5.74) is 3.92. The van der Waals surface area contributed by atoms with E-state index in [1.165, 1.54) is 19.3 Å². The molecule has 1 aliphatic rings. The maximum atomic E-state index is 6.35. The first-order valence-corrected chi connectivity index (χ1v) is 7.31. The summed E-state index contributed by atoms with van der Waals surface area (Å²) in [6.07, 6.45) is 3.76. The zero-order chi connectivity index (χ0) is 13.5. The molecule has 3 nitrogen and oxygen atoms in total. The molecule has 2 aromatic heterocycles. The fourth-order valence-corrected chi connectivity index (χ4v) is 2.84. The first-order valence-electron chi connectivity index (χ1n) is 6.93. The van der Waals surface area contributed by atoms with Gasteiger partial charge >= 0.3 is 0 Å². The Morgan fingerprint density at radius 1 is 1.10 bits per heavy atom. The van der Waals surface area contributed by atoms with Crippen LogP contribution < -0.4 is 0 Å². The number of aromatic nitrogens is 3. The molecule has 0 unspecified atom stereocenters. The summed E-state index contributed by atoms with van der Waals surface area (Å²) in [7, 11) is 0. The molecule has 1 fully saturated rings. The van der Waals surface area contributed by atoms with Crippen molar-refractivity contribution >= 4 is 17.2 Å². The zero-order valence-electron chi connectivity index (χ0n) is 11.0. The number of nitrogens with zero attached hydrogens (tertiary/aromatic N) is 3. The molecule has 0 bridgehead atoms. The van der Waals surface area contributed by atoms with E-state index in [4.69, 9.17) is 11.6 Å². The van der Waals surface area contributed by atoms with Crippen LogP contribution in [0.25, 0.3) is 16.9 Å². The van der Waals surface area contributed by atoms with Gasteiger partial charge in [0.15, 0.2) is 5.65 Å². The fourth-order valence-electron chi connectivity index (χ4n) is 2.62. The summed E-state index contributed by atoms with van der Waals surface area (Å²) in [4.78, 5) is 4.68. The predicted molar refractivity (Wildman–Crippen MR) is 80.0 cm³/mol. The third-order valence-electron chi connectivity index (χ3n) is 4.00. The van der Waals surface area contributed by atoms with E-state index in [2.05, 4.69) is 16.1 Å². The van der Waals surface area contributed by atoms with Gasteiger partial charge < -0.3 is 0 Å².